The zero-order valence-electron chi connectivity index (χ0n) is 22.3. The Labute approximate surface area is 201 Å². The van der Waals surface area contributed by atoms with Crippen LogP contribution in [0.25, 0.3) is 0 Å². The predicted octanol–water partition coefficient (Wildman–Crippen LogP) is 8.93. The average Bonchev–Trinajstić information content (AvgIpc) is 2.77. The zero-order valence-corrected chi connectivity index (χ0v) is 22.3. The number of amides is 1. The van der Waals surface area contributed by atoms with E-state index in [2.05, 4.69) is 19.2 Å². The standard InChI is InChI=1S/C29H57NO2/c1-5-7-9-10-11-12-13-14-15-16-17-18-19-20-21-22-23-24-27(31)29(26(3)4)30-28(32)25-8-6-2/h26,29H,5-25H2,1-4H3,(H,30,32). The second-order valence-corrected chi connectivity index (χ2v) is 10.3. The normalized spacial score (nSPS) is 12.3. The van der Waals surface area contributed by atoms with Gasteiger partial charge in [-0.2, -0.15) is 0 Å². The van der Waals surface area contributed by atoms with Gasteiger partial charge in [-0.3, -0.25) is 9.59 Å². The van der Waals surface area contributed by atoms with Crippen LogP contribution in [-0.4, -0.2) is 17.7 Å². The first kappa shape index (κ1) is 31.1. The van der Waals surface area contributed by atoms with E-state index in [1.165, 1.54) is 96.3 Å². The number of Topliss-reactive ketones (excluding diaryl/α,β-unsaturated/α-hetero) is 1. The van der Waals surface area contributed by atoms with Gasteiger partial charge in [-0.15, -0.1) is 0 Å². The molecule has 0 aromatic carbocycles. The molecule has 0 aliphatic rings. The molecule has 3 nitrogen and oxygen atoms in total. The van der Waals surface area contributed by atoms with E-state index in [0.717, 1.165) is 25.7 Å². The lowest BCUT2D eigenvalue weighted by Crippen LogP contribution is -2.44. The lowest BCUT2D eigenvalue weighted by molar-refractivity contribution is -0.129. The highest BCUT2D eigenvalue weighted by molar-refractivity contribution is 5.89. The number of rotatable bonds is 24. The molecule has 0 spiro atoms. The fourth-order valence-corrected chi connectivity index (χ4v) is 4.38. The van der Waals surface area contributed by atoms with Crippen LogP contribution in [0.5, 0.6) is 0 Å². The van der Waals surface area contributed by atoms with Gasteiger partial charge in [0.05, 0.1) is 6.04 Å². The third-order valence-corrected chi connectivity index (χ3v) is 6.61. The van der Waals surface area contributed by atoms with Gasteiger partial charge in [0.2, 0.25) is 5.91 Å². The van der Waals surface area contributed by atoms with E-state index in [-0.39, 0.29) is 23.7 Å². The van der Waals surface area contributed by atoms with Crippen molar-refractivity contribution in [3.05, 3.63) is 0 Å². The van der Waals surface area contributed by atoms with Gasteiger partial charge in [0.1, 0.15) is 0 Å². The topological polar surface area (TPSA) is 46.2 Å². The quantitative estimate of drug-likeness (QED) is 0.149. The van der Waals surface area contributed by atoms with Crippen molar-refractivity contribution in [2.75, 3.05) is 0 Å². The van der Waals surface area contributed by atoms with Crippen LogP contribution < -0.4 is 5.32 Å². The molecular formula is C29H57NO2. The Morgan fingerprint density at radius 2 is 0.906 bits per heavy atom. The van der Waals surface area contributed by atoms with Crippen molar-refractivity contribution in [1.29, 1.82) is 0 Å². The lowest BCUT2D eigenvalue weighted by Gasteiger charge is -2.21. The lowest BCUT2D eigenvalue weighted by atomic mass is 9.95. The fourth-order valence-electron chi connectivity index (χ4n) is 4.38. The summed E-state index contributed by atoms with van der Waals surface area (Å²) < 4.78 is 0. The van der Waals surface area contributed by atoms with E-state index in [1.807, 2.05) is 13.8 Å². The molecule has 190 valence electrons. The Morgan fingerprint density at radius 1 is 0.531 bits per heavy atom. The van der Waals surface area contributed by atoms with Crippen LogP contribution in [0, 0.1) is 5.92 Å². The van der Waals surface area contributed by atoms with E-state index < -0.39 is 0 Å². The van der Waals surface area contributed by atoms with Crippen LogP contribution in [0.4, 0.5) is 0 Å². The highest BCUT2D eigenvalue weighted by atomic mass is 16.2. The van der Waals surface area contributed by atoms with Crippen LogP contribution in [0.3, 0.4) is 0 Å². The number of carbonyl (C=O) groups excluding carboxylic acids is 2. The van der Waals surface area contributed by atoms with Gasteiger partial charge in [0.25, 0.3) is 0 Å². The summed E-state index contributed by atoms with van der Waals surface area (Å²) in [5.74, 6) is 0.408. The van der Waals surface area contributed by atoms with E-state index in [9.17, 15) is 9.59 Å². The zero-order chi connectivity index (χ0) is 23.9. The Hall–Kier alpha value is -0.860. The van der Waals surface area contributed by atoms with Crippen molar-refractivity contribution in [3.8, 4) is 0 Å². The van der Waals surface area contributed by atoms with Gasteiger partial charge < -0.3 is 5.32 Å². The molecule has 0 heterocycles. The van der Waals surface area contributed by atoms with Crippen molar-refractivity contribution < 1.29 is 9.59 Å². The SMILES string of the molecule is CCCCCCCCCCCCCCCCCCCC(=O)C(NC(=O)CCCC)C(C)C. The van der Waals surface area contributed by atoms with Crippen molar-refractivity contribution in [1.82, 2.24) is 5.32 Å². The molecule has 0 saturated carbocycles. The second-order valence-electron chi connectivity index (χ2n) is 10.3. The van der Waals surface area contributed by atoms with Gasteiger partial charge in [-0.1, -0.05) is 137 Å². The van der Waals surface area contributed by atoms with Crippen LogP contribution in [0.15, 0.2) is 0 Å². The summed E-state index contributed by atoms with van der Waals surface area (Å²) in [7, 11) is 0. The largest absolute Gasteiger partial charge is 0.346 e. The number of carbonyl (C=O) groups is 2. The van der Waals surface area contributed by atoms with E-state index in [1.54, 1.807) is 0 Å². The second kappa shape index (κ2) is 23.3. The number of ketones is 1. The Morgan fingerprint density at radius 3 is 1.28 bits per heavy atom. The molecule has 0 rings (SSSR count). The molecule has 0 saturated heterocycles. The molecule has 0 radical (unpaired) electrons. The average molecular weight is 452 g/mol. The molecule has 32 heavy (non-hydrogen) atoms. The first-order valence-corrected chi connectivity index (χ1v) is 14.3. The van der Waals surface area contributed by atoms with Crippen molar-refractivity contribution in [3.63, 3.8) is 0 Å². The maximum atomic E-state index is 12.5. The Balaban J connectivity index is 3.52. The van der Waals surface area contributed by atoms with Crippen molar-refractivity contribution >= 4 is 11.7 Å². The monoisotopic (exact) mass is 451 g/mol. The molecule has 0 aromatic heterocycles. The molecule has 1 atom stereocenters. The number of unbranched alkanes of at least 4 members (excludes halogenated alkanes) is 17. The Bertz CT molecular complexity index is 433. The van der Waals surface area contributed by atoms with Gasteiger partial charge in [-0.25, -0.2) is 0 Å². The summed E-state index contributed by atoms with van der Waals surface area (Å²) in [6, 6.07) is -0.305. The van der Waals surface area contributed by atoms with Crippen LogP contribution >= 0.6 is 0 Å². The first-order chi connectivity index (χ1) is 15.5. The van der Waals surface area contributed by atoms with Gasteiger partial charge >= 0.3 is 0 Å². The van der Waals surface area contributed by atoms with Gasteiger partial charge in [-0.05, 0) is 18.8 Å². The molecule has 3 heteroatoms. The number of nitrogens with one attached hydrogen (secondary N) is 1. The van der Waals surface area contributed by atoms with Gasteiger partial charge in [0, 0.05) is 12.8 Å². The van der Waals surface area contributed by atoms with Crippen molar-refractivity contribution in [2.24, 2.45) is 5.92 Å². The maximum absolute atomic E-state index is 12.5. The molecule has 0 fully saturated rings. The molecule has 0 aliphatic carbocycles. The first-order valence-electron chi connectivity index (χ1n) is 14.3. The van der Waals surface area contributed by atoms with Gasteiger partial charge in [0.15, 0.2) is 5.78 Å². The van der Waals surface area contributed by atoms with Crippen molar-refractivity contribution in [2.45, 2.75) is 169 Å². The smallest absolute Gasteiger partial charge is 0.220 e. The minimum absolute atomic E-state index is 0.0290. The fraction of sp³-hybridized carbons (Fsp3) is 0.931. The molecule has 1 unspecified atom stereocenters. The molecule has 0 aliphatic heterocycles. The summed E-state index contributed by atoms with van der Waals surface area (Å²) in [6.45, 7) is 8.41. The third kappa shape index (κ3) is 19.8. The minimum Gasteiger partial charge on any atom is -0.346 e. The molecule has 1 N–H and O–H groups in total. The number of hydrogen-bond acceptors (Lipinski definition) is 2. The van der Waals surface area contributed by atoms with E-state index in [0.29, 0.717) is 12.8 Å². The minimum atomic E-state index is -0.305. The summed E-state index contributed by atoms with van der Waals surface area (Å²) in [5, 5.41) is 2.97. The summed E-state index contributed by atoms with van der Waals surface area (Å²) in [4.78, 5) is 24.5. The van der Waals surface area contributed by atoms with Crippen LogP contribution in [-0.2, 0) is 9.59 Å². The van der Waals surface area contributed by atoms with E-state index >= 15 is 0 Å². The van der Waals surface area contributed by atoms with Crippen LogP contribution in [0.2, 0.25) is 0 Å². The summed E-state index contributed by atoms with van der Waals surface area (Å²) in [5.41, 5.74) is 0. The highest BCUT2D eigenvalue weighted by Crippen LogP contribution is 2.15. The molecular weight excluding hydrogens is 394 g/mol. The van der Waals surface area contributed by atoms with E-state index in [4.69, 9.17) is 0 Å². The summed E-state index contributed by atoms with van der Waals surface area (Å²) in [6.07, 6.45) is 26.0. The molecule has 0 bridgehead atoms. The number of hydrogen-bond donors (Lipinski definition) is 1. The maximum Gasteiger partial charge on any atom is 0.220 e. The predicted molar refractivity (Wildman–Crippen MR) is 140 cm³/mol. The molecule has 1 amide bonds. The third-order valence-electron chi connectivity index (χ3n) is 6.61. The summed E-state index contributed by atoms with van der Waals surface area (Å²) >= 11 is 0. The highest BCUT2D eigenvalue weighted by Gasteiger charge is 2.23. The Kier molecular flexibility index (Phi) is 22.7. The molecule has 0 aromatic rings. The van der Waals surface area contributed by atoms with Crippen LogP contribution in [0.1, 0.15) is 163 Å².